The Morgan fingerprint density at radius 1 is 1.48 bits per heavy atom. The molecule has 2 heterocycles. The number of aromatic nitrogens is 2. The van der Waals surface area contributed by atoms with Crippen LogP contribution in [0.4, 0.5) is 4.39 Å². The topological polar surface area (TPSA) is 50.4 Å². The van der Waals surface area contributed by atoms with Crippen molar-refractivity contribution in [3.8, 4) is 5.75 Å². The Morgan fingerprint density at radius 2 is 2.38 bits per heavy atom. The predicted molar refractivity (Wildman–Crippen MR) is 75.5 cm³/mol. The van der Waals surface area contributed by atoms with Gasteiger partial charge < -0.3 is 9.47 Å². The standard InChI is InChI=1S/C15H18FN3O2/c1-20-14-4-2-3-11(15(14)16)9-19-7-8-21-10-13(19)12-5-6-17-18-12/h2-6,13H,7-10H2,1H3,(H,17,18)/t13-/m0/s1. The van der Waals surface area contributed by atoms with Crippen LogP contribution in [0.15, 0.2) is 30.5 Å². The smallest absolute Gasteiger partial charge is 0.169 e. The Bertz CT molecular complexity index is 589. The number of halogens is 1. The Labute approximate surface area is 122 Å². The zero-order chi connectivity index (χ0) is 14.7. The molecule has 0 saturated carbocycles. The van der Waals surface area contributed by atoms with Gasteiger partial charge in [-0.2, -0.15) is 5.10 Å². The second-order valence-corrected chi connectivity index (χ2v) is 5.01. The highest BCUT2D eigenvalue weighted by Crippen LogP contribution is 2.27. The molecule has 5 nitrogen and oxygen atoms in total. The molecule has 0 spiro atoms. The third kappa shape index (κ3) is 2.91. The molecule has 1 aliphatic heterocycles. The van der Waals surface area contributed by atoms with Gasteiger partial charge in [0.25, 0.3) is 0 Å². The minimum Gasteiger partial charge on any atom is -0.494 e. The van der Waals surface area contributed by atoms with E-state index in [2.05, 4.69) is 15.1 Å². The third-order valence-corrected chi connectivity index (χ3v) is 3.76. The lowest BCUT2D eigenvalue weighted by molar-refractivity contribution is -0.0147. The van der Waals surface area contributed by atoms with Gasteiger partial charge in [0.1, 0.15) is 0 Å². The van der Waals surface area contributed by atoms with Crippen LogP contribution in [0.25, 0.3) is 0 Å². The summed E-state index contributed by atoms with van der Waals surface area (Å²) in [4.78, 5) is 2.19. The molecule has 0 unspecified atom stereocenters. The molecule has 0 bridgehead atoms. The minimum atomic E-state index is -0.296. The number of ether oxygens (including phenoxy) is 2. The third-order valence-electron chi connectivity index (χ3n) is 3.76. The van der Waals surface area contributed by atoms with Crippen molar-refractivity contribution in [3.63, 3.8) is 0 Å². The van der Waals surface area contributed by atoms with Gasteiger partial charge in [0.15, 0.2) is 11.6 Å². The first-order valence-electron chi connectivity index (χ1n) is 6.92. The molecule has 1 atom stereocenters. The lowest BCUT2D eigenvalue weighted by atomic mass is 10.1. The van der Waals surface area contributed by atoms with Crippen molar-refractivity contribution in [1.29, 1.82) is 0 Å². The van der Waals surface area contributed by atoms with Crippen LogP contribution < -0.4 is 4.74 Å². The Kier molecular flexibility index (Phi) is 4.17. The lowest BCUT2D eigenvalue weighted by Crippen LogP contribution is -2.39. The number of nitrogens with one attached hydrogen (secondary N) is 1. The first-order chi connectivity index (χ1) is 10.3. The summed E-state index contributed by atoms with van der Waals surface area (Å²) >= 11 is 0. The summed E-state index contributed by atoms with van der Waals surface area (Å²) in [5.41, 5.74) is 1.61. The first kappa shape index (κ1) is 14.0. The van der Waals surface area contributed by atoms with Crippen LogP contribution in [0.5, 0.6) is 5.75 Å². The molecular formula is C15H18FN3O2. The molecule has 3 rings (SSSR count). The van der Waals surface area contributed by atoms with Crippen molar-refractivity contribution < 1.29 is 13.9 Å². The van der Waals surface area contributed by atoms with E-state index in [1.54, 1.807) is 18.3 Å². The number of nitrogens with zero attached hydrogens (tertiary/aromatic N) is 2. The van der Waals surface area contributed by atoms with Gasteiger partial charge in [-0.25, -0.2) is 4.39 Å². The summed E-state index contributed by atoms with van der Waals surface area (Å²) in [5.74, 6) is -0.0197. The second kappa shape index (κ2) is 6.24. The van der Waals surface area contributed by atoms with Crippen molar-refractivity contribution in [1.82, 2.24) is 15.1 Å². The van der Waals surface area contributed by atoms with E-state index in [4.69, 9.17) is 9.47 Å². The number of morpholine rings is 1. The molecule has 6 heteroatoms. The maximum Gasteiger partial charge on any atom is 0.169 e. The Hall–Kier alpha value is -1.92. The average molecular weight is 291 g/mol. The van der Waals surface area contributed by atoms with Crippen LogP contribution >= 0.6 is 0 Å². The summed E-state index contributed by atoms with van der Waals surface area (Å²) in [7, 11) is 1.48. The molecular weight excluding hydrogens is 273 g/mol. The quantitative estimate of drug-likeness (QED) is 0.937. The van der Waals surface area contributed by atoms with Crippen LogP contribution in [0.1, 0.15) is 17.3 Å². The van der Waals surface area contributed by atoms with E-state index < -0.39 is 0 Å². The molecule has 2 aromatic rings. The van der Waals surface area contributed by atoms with Crippen LogP contribution in [0, 0.1) is 5.82 Å². The van der Waals surface area contributed by atoms with Gasteiger partial charge in [0.2, 0.25) is 0 Å². The summed E-state index contributed by atoms with van der Waals surface area (Å²) in [6.07, 6.45) is 1.72. The fraction of sp³-hybridized carbons (Fsp3) is 0.400. The van der Waals surface area contributed by atoms with E-state index in [1.165, 1.54) is 7.11 Å². The van der Waals surface area contributed by atoms with Gasteiger partial charge in [-0.1, -0.05) is 12.1 Å². The number of hydrogen-bond acceptors (Lipinski definition) is 4. The van der Waals surface area contributed by atoms with E-state index in [1.807, 2.05) is 12.1 Å². The summed E-state index contributed by atoms with van der Waals surface area (Å²) in [6.45, 7) is 2.49. The summed E-state index contributed by atoms with van der Waals surface area (Å²) < 4.78 is 24.9. The maximum absolute atomic E-state index is 14.3. The molecule has 112 valence electrons. The Morgan fingerprint density at radius 3 is 3.14 bits per heavy atom. The number of aromatic amines is 1. The van der Waals surface area contributed by atoms with Gasteiger partial charge in [-0.3, -0.25) is 10.00 Å². The highest BCUT2D eigenvalue weighted by molar-refractivity contribution is 5.31. The molecule has 1 N–H and O–H groups in total. The molecule has 0 aliphatic carbocycles. The van der Waals surface area contributed by atoms with Crippen molar-refractivity contribution in [3.05, 3.63) is 47.5 Å². The van der Waals surface area contributed by atoms with Crippen molar-refractivity contribution in [2.45, 2.75) is 12.6 Å². The SMILES string of the molecule is COc1cccc(CN2CCOC[C@H]2c2ccn[nH]2)c1F. The molecule has 0 amide bonds. The monoisotopic (exact) mass is 291 g/mol. The molecule has 0 radical (unpaired) electrons. The molecule has 1 saturated heterocycles. The summed E-state index contributed by atoms with van der Waals surface area (Å²) in [5, 5.41) is 6.95. The minimum absolute atomic E-state index is 0.0619. The fourth-order valence-corrected chi connectivity index (χ4v) is 2.62. The maximum atomic E-state index is 14.3. The zero-order valence-corrected chi connectivity index (χ0v) is 11.9. The number of rotatable bonds is 4. The highest BCUT2D eigenvalue weighted by atomic mass is 19.1. The van der Waals surface area contributed by atoms with Gasteiger partial charge >= 0.3 is 0 Å². The van der Waals surface area contributed by atoms with Gasteiger partial charge in [0.05, 0.1) is 32.1 Å². The van der Waals surface area contributed by atoms with E-state index in [9.17, 15) is 4.39 Å². The normalized spacial score (nSPS) is 19.6. The van der Waals surface area contributed by atoms with Crippen molar-refractivity contribution in [2.75, 3.05) is 26.9 Å². The van der Waals surface area contributed by atoms with Crippen LogP contribution in [-0.2, 0) is 11.3 Å². The zero-order valence-electron chi connectivity index (χ0n) is 11.9. The van der Waals surface area contributed by atoms with E-state index >= 15 is 0 Å². The first-order valence-corrected chi connectivity index (χ1v) is 6.92. The van der Waals surface area contributed by atoms with Crippen LogP contribution in [0.3, 0.4) is 0 Å². The van der Waals surface area contributed by atoms with Crippen LogP contribution in [-0.4, -0.2) is 42.0 Å². The van der Waals surface area contributed by atoms with Gasteiger partial charge in [-0.05, 0) is 12.1 Å². The largest absolute Gasteiger partial charge is 0.494 e. The number of benzene rings is 1. The average Bonchev–Trinajstić information content (AvgIpc) is 3.04. The highest BCUT2D eigenvalue weighted by Gasteiger charge is 2.26. The Balaban J connectivity index is 1.82. The molecule has 1 fully saturated rings. The second-order valence-electron chi connectivity index (χ2n) is 5.01. The summed E-state index contributed by atoms with van der Waals surface area (Å²) in [6, 6.07) is 7.21. The molecule has 1 aromatic carbocycles. The molecule has 1 aromatic heterocycles. The fourth-order valence-electron chi connectivity index (χ4n) is 2.62. The number of H-pyrrole nitrogens is 1. The lowest BCUT2D eigenvalue weighted by Gasteiger charge is -2.35. The number of hydrogen-bond donors (Lipinski definition) is 1. The van der Waals surface area contributed by atoms with Gasteiger partial charge in [-0.15, -0.1) is 0 Å². The van der Waals surface area contributed by atoms with Crippen molar-refractivity contribution >= 4 is 0 Å². The molecule has 21 heavy (non-hydrogen) atoms. The van der Waals surface area contributed by atoms with E-state index in [-0.39, 0.29) is 17.6 Å². The van der Waals surface area contributed by atoms with E-state index in [0.717, 1.165) is 12.2 Å². The predicted octanol–water partition coefficient (Wildman–Crippen LogP) is 2.13. The van der Waals surface area contributed by atoms with Crippen molar-refractivity contribution in [2.24, 2.45) is 0 Å². The van der Waals surface area contributed by atoms with E-state index in [0.29, 0.717) is 25.3 Å². The van der Waals surface area contributed by atoms with Crippen LogP contribution in [0.2, 0.25) is 0 Å². The number of methoxy groups -OCH3 is 1. The van der Waals surface area contributed by atoms with Gasteiger partial charge in [0, 0.05) is 24.8 Å². The molecule has 1 aliphatic rings.